The molecule has 0 unspecified atom stereocenters. The van der Waals surface area contributed by atoms with Crippen molar-refractivity contribution in [2.45, 2.75) is 65.6 Å². The van der Waals surface area contributed by atoms with Crippen molar-refractivity contribution in [3.05, 3.63) is 17.6 Å². The van der Waals surface area contributed by atoms with Gasteiger partial charge in [0.15, 0.2) is 5.82 Å². The van der Waals surface area contributed by atoms with Crippen LogP contribution in [0.1, 0.15) is 58.8 Å². The highest BCUT2D eigenvalue weighted by Gasteiger charge is 2.35. The van der Waals surface area contributed by atoms with E-state index in [0.29, 0.717) is 24.6 Å². The lowest BCUT2D eigenvalue weighted by Crippen LogP contribution is -2.44. The van der Waals surface area contributed by atoms with Crippen molar-refractivity contribution in [2.24, 2.45) is 0 Å². The molecule has 8 heteroatoms. The number of amides is 2. The van der Waals surface area contributed by atoms with Crippen molar-refractivity contribution in [3.8, 4) is 0 Å². The van der Waals surface area contributed by atoms with Crippen molar-refractivity contribution in [1.29, 1.82) is 0 Å². The van der Waals surface area contributed by atoms with Crippen LogP contribution in [-0.4, -0.2) is 46.6 Å². The van der Waals surface area contributed by atoms with Crippen molar-refractivity contribution in [1.82, 2.24) is 9.97 Å². The van der Waals surface area contributed by atoms with Crippen LogP contribution in [-0.2, 0) is 14.2 Å². The average molecular weight is 365 g/mol. The number of carbonyl (C=O) groups is 2. The molecule has 144 valence electrons. The van der Waals surface area contributed by atoms with E-state index in [4.69, 9.17) is 14.2 Å². The highest BCUT2D eigenvalue weighted by Crippen LogP contribution is 2.27. The number of imide groups is 1. The molecule has 1 saturated heterocycles. The van der Waals surface area contributed by atoms with E-state index in [1.807, 2.05) is 0 Å². The van der Waals surface area contributed by atoms with Crippen LogP contribution >= 0.6 is 0 Å². The standard InChI is InChI=1S/C18H27N3O5/c1-11-8-19-13(12-9-24-10-12)20-14(11)21(15(22)25-17(2,3)4)16(23)26-18(5,6)7/h8,12H,9-10H2,1-7H3. The summed E-state index contributed by atoms with van der Waals surface area (Å²) in [6.07, 6.45) is -0.105. The summed E-state index contributed by atoms with van der Waals surface area (Å²) in [4.78, 5) is 35.0. The Hall–Kier alpha value is -2.22. The Balaban J connectivity index is 2.42. The van der Waals surface area contributed by atoms with E-state index < -0.39 is 23.4 Å². The van der Waals surface area contributed by atoms with Gasteiger partial charge in [0.25, 0.3) is 0 Å². The van der Waals surface area contributed by atoms with Crippen LogP contribution in [0.2, 0.25) is 0 Å². The molecular formula is C18H27N3O5. The summed E-state index contributed by atoms with van der Waals surface area (Å²) in [6.45, 7) is 13.1. The van der Waals surface area contributed by atoms with E-state index in [2.05, 4.69) is 9.97 Å². The monoisotopic (exact) mass is 365 g/mol. The maximum absolute atomic E-state index is 12.7. The van der Waals surface area contributed by atoms with Gasteiger partial charge in [-0.1, -0.05) is 0 Å². The first-order valence-electron chi connectivity index (χ1n) is 8.55. The first-order chi connectivity index (χ1) is 11.9. The molecule has 8 nitrogen and oxygen atoms in total. The summed E-state index contributed by atoms with van der Waals surface area (Å²) < 4.78 is 15.9. The molecule has 0 N–H and O–H groups in total. The largest absolute Gasteiger partial charge is 0.443 e. The van der Waals surface area contributed by atoms with E-state index in [0.717, 1.165) is 4.90 Å². The van der Waals surface area contributed by atoms with Crippen molar-refractivity contribution < 1.29 is 23.8 Å². The minimum absolute atomic E-state index is 0.0495. The molecule has 1 fully saturated rings. The van der Waals surface area contributed by atoms with Crippen LogP contribution in [0.25, 0.3) is 0 Å². The molecule has 2 rings (SSSR count). The molecule has 0 radical (unpaired) electrons. The lowest BCUT2D eigenvalue weighted by atomic mass is 10.1. The molecule has 1 aromatic heterocycles. The molecule has 0 aliphatic carbocycles. The van der Waals surface area contributed by atoms with Gasteiger partial charge in [-0.15, -0.1) is 0 Å². The second-order valence-corrected chi connectivity index (χ2v) is 8.27. The number of carbonyl (C=O) groups excluding carboxylic acids is 2. The maximum Gasteiger partial charge on any atom is 0.425 e. The highest BCUT2D eigenvalue weighted by atomic mass is 16.6. The number of aromatic nitrogens is 2. The molecular weight excluding hydrogens is 338 g/mol. The lowest BCUT2D eigenvalue weighted by molar-refractivity contribution is 0.00485. The van der Waals surface area contributed by atoms with E-state index in [1.165, 1.54) is 0 Å². The minimum Gasteiger partial charge on any atom is -0.443 e. The van der Waals surface area contributed by atoms with Gasteiger partial charge in [-0.25, -0.2) is 19.6 Å². The fourth-order valence-corrected chi connectivity index (χ4v) is 2.12. The van der Waals surface area contributed by atoms with Gasteiger partial charge in [0.1, 0.15) is 17.0 Å². The summed E-state index contributed by atoms with van der Waals surface area (Å²) in [5, 5.41) is 0. The van der Waals surface area contributed by atoms with Crippen molar-refractivity contribution in [3.63, 3.8) is 0 Å². The molecule has 2 amide bonds. The zero-order valence-corrected chi connectivity index (χ0v) is 16.5. The summed E-state index contributed by atoms with van der Waals surface area (Å²) in [5.74, 6) is 0.729. The van der Waals surface area contributed by atoms with E-state index in [-0.39, 0.29) is 11.7 Å². The van der Waals surface area contributed by atoms with Crippen LogP contribution < -0.4 is 4.90 Å². The van der Waals surface area contributed by atoms with Gasteiger partial charge in [-0.2, -0.15) is 4.90 Å². The first kappa shape index (κ1) is 20.1. The fraction of sp³-hybridized carbons (Fsp3) is 0.667. The van der Waals surface area contributed by atoms with E-state index >= 15 is 0 Å². The number of rotatable bonds is 2. The van der Waals surface area contributed by atoms with E-state index in [1.54, 1.807) is 54.7 Å². The van der Waals surface area contributed by atoms with E-state index in [9.17, 15) is 9.59 Å². The molecule has 0 saturated carbocycles. The summed E-state index contributed by atoms with van der Waals surface area (Å²) in [6, 6.07) is 0. The van der Waals surface area contributed by atoms with Crippen LogP contribution in [0, 0.1) is 6.92 Å². The third kappa shape index (κ3) is 5.14. The minimum atomic E-state index is -0.843. The molecule has 1 aliphatic heterocycles. The third-order valence-electron chi connectivity index (χ3n) is 3.33. The molecule has 0 bridgehead atoms. The summed E-state index contributed by atoms with van der Waals surface area (Å²) >= 11 is 0. The number of nitrogens with zero attached hydrogens (tertiary/aromatic N) is 3. The number of hydrogen-bond acceptors (Lipinski definition) is 7. The Kier molecular flexibility index (Phi) is 5.55. The number of aryl methyl sites for hydroxylation is 1. The Morgan fingerprint density at radius 2 is 1.58 bits per heavy atom. The number of anilines is 1. The quantitative estimate of drug-likeness (QED) is 0.791. The van der Waals surface area contributed by atoms with Crippen molar-refractivity contribution in [2.75, 3.05) is 18.1 Å². The second kappa shape index (κ2) is 7.19. The molecule has 26 heavy (non-hydrogen) atoms. The zero-order chi connectivity index (χ0) is 19.7. The highest BCUT2D eigenvalue weighted by molar-refractivity contribution is 6.09. The number of hydrogen-bond donors (Lipinski definition) is 0. The Labute approximate surface area is 153 Å². The molecule has 1 aliphatic rings. The Morgan fingerprint density at radius 3 is 1.96 bits per heavy atom. The zero-order valence-electron chi connectivity index (χ0n) is 16.5. The smallest absolute Gasteiger partial charge is 0.425 e. The van der Waals surface area contributed by atoms with Gasteiger partial charge in [0.2, 0.25) is 0 Å². The summed E-state index contributed by atoms with van der Waals surface area (Å²) in [5.41, 5.74) is -0.989. The average Bonchev–Trinajstić information content (AvgIpc) is 2.36. The van der Waals surface area contributed by atoms with Crippen LogP contribution in [0.4, 0.5) is 15.4 Å². The normalized spacial score (nSPS) is 15.2. The Bertz CT molecular complexity index is 659. The molecule has 0 aromatic carbocycles. The van der Waals surface area contributed by atoms with Gasteiger partial charge < -0.3 is 14.2 Å². The number of ether oxygens (including phenoxy) is 3. The van der Waals surface area contributed by atoms with Crippen molar-refractivity contribution >= 4 is 18.0 Å². The van der Waals surface area contributed by atoms with Gasteiger partial charge in [0.05, 0.1) is 19.1 Å². The van der Waals surface area contributed by atoms with Gasteiger partial charge in [-0.05, 0) is 48.5 Å². The van der Waals surface area contributed by atoms with Crippen LogP contribution in [0.3, 0.4) is 0 Å². The van der Waals surface area contributed by atoms with Gasteiger partial charge >= 0.3 is 12.2 Å². The predicted octanol–water partition coefficient (Wildman–Crippen LogP) is 3.58. The van der Waals surface area contributed by atoms with Crippen LogP contribution in [0.15, 0.2) is 6.20 Å². The molecule has 0 spiro atoms. The lowest BCUT2D eigenvalue weighted by Gasteiger charge is -2.29. The SMILES string of the molecule is Cc1cnc(C2COC2)nc1N(C(=O)OC(C)(C)C)C(=O)OC(C)(C)C. The predicted molar refractivity (Wildman–Crippen MR) is 95.3 cm³/mol. The third-order valence-corrected chi connectivity index (χ3v) is 3.33. The molecule has 1 aromatic rings. The fourth-order valence-electron chi connectivity index (χ4n) is 2.12. The molecule has 0 atom stereocenters. The second-order valence-electron chi connectivity index (χ2n) is 8.27. The first-order valence-corrected chi connectivity index (χ1v) is 8.55. The molecule has 2 heterocycles. The van der Waals surface area contributed by atoms with Crippen LogP contribution in [0.5, 0.6) is 0 Å². The van der Waals surface area contributed by atoms with Gasteiger partial charge in [0, 0.05) is 11.8 Å². The Morgan fingerprint density at radius 1 is 1.08 bits per heavy atom. The summed E-state index contributed by atoms with van der Waals surface area (Å²) in [7, 11) is 0. The van der Waals surface area contributed by atoms with Gasteiger partial charge in [-0.3, -0.25) is 0 Å². The topological polar surface area (TPSA) is 90.9 Å². The maximum atomic E-state index is 12.7.